The van der Waals surface area contributed by atoms with Crippen LogP contribution in [0.25, 0.3) is 27.7 Å². The van der Waals surface area contributed by atoms with Gasteiger partial charge >= 0.3 is 0 Å². The molecule has 0 fully saturated rings. The fraction of sp³-hybridized carbons (Fsp3) is 0.120. The Bertz CT molecular complexity index is 1680. The monoisotopic (exact) mass is 470 g/mol. The van der Waals surface area contributed by atoms with Crippen LogP contribution in [0.4, 0.5) is 0 Å². The highest BCUT2D eigenvalue weighted by atomic mass is 35.5. The molecule has 0 bridgehead atoms. The Balaban J connectivity index is 1.69. The minimum atomic E-state index is -1.57. The highest BCUT2D eigenvalue weighted by Gasteiger charge is 2.40. The van der Waals surface area contributed by atoms with Crippen molar-refractivity contribution < 1.29 is 9.52 Å². The van der Waals surface area contributed by atoms with E-state index < -0.39 is 5.60 Å². The average Bonchev–Trinajstić information content (AvgIpc) is 3.59. The zero-order valence-electron chi connectivity index (χ0n) is 18.3. The number of fused-ring (bicyclic) bond motifs is 3. The summed E-state index contributed by atoms with van der Waals surface area (Å²) in [5.41, 5.74) is 2.84. The molecule has 0 spiro atoms. The molecule has 0 aliphatic heterocycles. The van der Waals surface area contributed by atoms with E-state index in [2.05, 4.69) is 20.5 Å². The lowest BCUT2D eigenvalue weighted by atomic mass is 9.86. The molecule has 1 N–H and O–H groups in total. The average molecular weight is 471 g/mol. The van der Waals surface area contributed by atoms with E-state index in [0.29, 0.717) is 33.4 Å². The van der Waals surface area contributed by atoms with Crippen LogP contribution in [0.5, 0.6) is 0 Å². The van der Waals surface area contributed by atoms with Crippen LogP contribution >= 0.6 is 11.6 Å². The van der Waals surface area contributed by atoms with Crippen molar-refractivity contribution in [2.45, 2.75) is 12.5 Å². The Morgan fingerprint density at radius 2 is 1.94 bits per heavy atom. The molecular formula is C25H19ClN6O2. The molecule has 0 saturated carbocycles. The minimum absolute atomic E-state index is 0.403. The first-order chi connectivity index (χ1) is 16.4. The molecule has 0 aliphatic rings. The van der Waals surface area contributed by atoms with Crippen LogP contribution in [0, 0.1) is 6.92 Å². The number of halogens is 1. The van der Waals surface area contributed by atoms with E-state index in [4.69, 9.17) is 16.0 Å². The number of pyridine rings is 1. The summed E-state index contributed by atoms with van der Waals surface area (Å²) < 4.78 is 9.39. The van der Waals surface area contributed by atoms with Crippen LogP contribution < -0.4 is 0 Å². The molecule has 9 heteroatoms. The summed E-state index contributed by atoms with van der Waals surface area (Å²) in [6, 6.07) is 18.8. The number of hydrogen-bond acceptors (Lipinski definition) is 6. The van der Waals surface area contributed by atoms with E-state index in [1.54, 1.807) is 27.7 Å². The van der Waals surface area contributed by atoms with Gasteiger partial charge in [0.1, 0.15) is 11.5 Å². The van der Waals surface area contributed by atoms with Crippen molar-refractivity contribution in [1.29, 1.82) is 0 Å². The molecule has 1 atom stereocenters. The van der Waals surface area contributed by atoms with Crippen LogP contribution in [0.1, 0.15) is 22.8 Å². The molecule has 1 unspecified atom stereocenters. The maximum atomic E-state index is 12.2. The van der Waals surface area contributed by atoms with Gasteiger partial charge in [-0.2, -0.15) is 4.52 Å². The summed E-state index contributed by atoms with van der Waals surface area (Å²) in [6.45, 7) is 1.85. The van der Waals surface area contributed by atoms with Crippen LogP contribution in [0.15, 0.2) is 77.6 Å². The van der Waals surface area contributed by atoms with Crippen LogP contribution in [0.2, 0.25) is 5.02 Å². The number of nitrogens with zero attached hydrogens (tertiary/aromatic N) is 6. The molecule has 168 valence electrons. The van der Waals surface area contributed by atoms with Gasteiger partial charge < -0.3 is 14.1 Å². The largest absolute Gasteiger partial charge is 0.462 e. The molecule has 0 radical (unpaired) electrons. The highest BCUT2D eigenvalue weighted by Crippen LogP contribution is 2.40. The van der Waals surface area contributed by atoms with E-state index in [9.17, 15) is 5.11 Å². The van der Waals surface area contributed by atoms with E-state index in [-0.39, 0.29) is 0 Å². The lowest BCUT2D eigenvalue weighted by Crippen LogP contribution is -2.30. The number of furan rings is 1. The first-order valence-electron chi connectivity index (χ1n) is 10.6. The number of tetrazole rings is 1. The van der Waals surface area contributed by atoms with Crippen molar-refractivity contribution in [2.75, 3.05) is 0 Å². The smallest absolute Gasteiger partial charge is 0.189 e. The summed E-state index contributed by atoms with van der Waals surface area (Å²) in [5, 5.41) is 25.8. The van der Waals surface area contributed by atoms with Gasteiger partial charge in [0.2, 0.25) is 0 Å². The van der Waals surface area contributed by atoms with Gasteiger partial charge in [0, 0.05) is 17.5 Å². The second-order valence-electron chi connectivity index (χ2n) is 8.26. The van der Waals surface area contributed by atoms with Crippen LogP contribution in [-0.4, -0.2) is 34.7 Å². The number of benzene rings is 2. The normalized spacial score (nSPS) is 13.5. The summed E-state index contributed by atoms with van der Waals surface area (Å²) in [5.74, 6) is 1.10. The first kappa shape index (κ1) is 20.6. The van der Waals surface area contributed by atoms with Gasteiger partial charge in [-0.25, -0.2) is 4.98 Å². The van der Waals surface area contributed by atoms with Gasteiger partial charge in [-0.05, 0) is 76.5 Å². The molecule has 6 aromatic rings. The van der Waals surface area contributed by atoms with Gasteiger partial charge in [-0.1, -0.05) is 29.8 Å². The Kier molecular flexibility index (Phi) is 4.55. The summed E-state index contributed by atoms with van der Waals surface area (Å²) in [6.07, 6.45) is 3.30. The lowest BCUT2D eigenvalue weighted by Gasteiger charge is -2.27. The summed E-state index contributed by atoms with van der Waals surface area (Å²) in [4.78, 5) is 4.23. The van der Waals surface area contributed by atoms with Crippen molar-refractivity contribution in [2.24, 2.45) is 7.05 Å². The van der Waals surface area contributed by atoms with Gasteiger partial charge in [0.05, 0.1) is 23.7 Å². The first-order valence-corrected chi connectivity index (χ1v) is 11.0. The van der Waals surface area contributed by atoms with Gasteiger partial charge in [0.15, 0.2) is 11.2 Å². The molecular weight excluding hydrogens is 452 g/mol. The third-order valence-corrected chi connectivity index (χ3v) is 6.35. The summed E-state index contributed by atoms with van der Waals surface area (Å²) >= 11 is 6.31. The fourth-order valence-corrected chi connectivity index (χ4v) is 4.66. The SMILES string of the molecule is Cc1ccc(C(O)(c2ccc3c(c2)c(-c2cccc(Cl)c2)cc2nnnn23)c2cncn2C)o1. The number of aromatic nitrogens is 6. The zero-order chi connectivity index (χ0) is 23.4. The quantitative estimate of drug-likeness (QED) is 0.407. The van der Waals surface area contributed by atoms with Crippen LogP contribution in [0.3, 0.4) is 0 Å². The second-order valence-corrected chi connectivity index (χ2v) is 8.70. The van der Waals surface area contributed by atoms with Crippen molar-refractivity contribution in [1.82, 2.24) is 29.6 Å². The second kappa shape index (κ2) is 7.51. The highest BCUT2D eigenvalue weighted by molar-refractivity contribution is 6.30. The number of hydrogen-bond donors (Lipinski definition) is 1. The third kappa shape index (κ3) is 3.03. The topological polar surface area (TPSA) is 94.3 Å². The Labute approximate surface area is 199 Å². The molecule has 34 heavy (non-hydrogen) atoms. The van der Waals surface area contributed by atoms with Crippen LogP contribution in [-0.2, 0) is 12.6 Å². The fourth-order valence-electron chi connectivity index (χ4n) is 4.47. The zero-order valence-corrected chi connectivity index (χ0v) is 19.1. The van der Waals surface area contributed by atoms with Gasteiger partial charge in [-0.15, -0.1) is 5.10 Å². The standard InChI is InChI=1S/C25H19ClN6O2/c1-15-6-9-23(34-15)25(33,22-13-27-14-31(22)2)17-7-8-21-20(11-17)19(12-24-28-29-30-32(21)24)16-4-3-5-18(26)10-16/h3-14,33H,1-2H3. The van der Waals surface area contributed by atoms with Gasteiger partial charge in [-0.3, -0.25) is 0 Å². The maximum Gasteiger partial charge on any atom is 0.189 e. The lowest BCUT2D eigenvalue weighted by molar-refractivity contribution is 0.0905. The number of aliphatic hydroxyl groups is 1. The predicted molar refractivity (Wildman–Crippen MR) is 127 cm³/mol. The van der Waals surface area contributed by atoms with Crippen molar-refractivity contribution in [3.63, 3.8) is 0 Å². The van der Waals surface area contributed by atoms with E-state index in [1.807, 2.05) is 68.6 Å². The van der Waals surface area contributed by atoms with Crippen molar-refractivity contribution in [3.05, 3.63) is 101 Å². The van der Waals surface area contributed by atoms with E-state index in [0.717, 1.165) is 22.0 Å². The molecule has 0 amide bonds. The molecule has 0 aliphatic carbocycles. The molecule has 8 nitrogen and oxygen atoms in total. The molecule has 4 aromatic heterocycles. The number of imidazole rings is 1. The van der Waals surface area contributed by atoms with E-state index in [1.165, 1.54) is 0 Å². The Morgan fingerprint density at radius 3 is 2.68 bits per heavy atom. The Morgan fingerprint density at radius 1 is 1.06 bits per heavy atom. The number of rotatable bonds is 4. The maximum absolute atomic E-state index is 12.2. The molecule has 4 heterocycles. The summed E-state index contributed by atoms with van der Waals surface area (Å²) in [7, 11) is 1.84. The minimum Gasteiger partial charge on any atom is -0.462 e. The molecule has 6 rings (SSSR count). The predicted octanol–water partition coefficient (Wildman–Crippen LogP) is 4.52. The molecule has 0 saturated heterocycles. The third-order valence-electron chi connectivity index (χ3n) is 6.12. The number of aryl methyl sites for hydroxylation is 2. The Hall–Kier alpha value is -4.01. The van der Waals surface area contributed by atoms with E-state index >= 15 is 0 Å². The molecule has 2 aromatic carbocycles. The van der Waals surface area contributed by atoms with Crippen molar-refractivity contribution in [3.8, 4) is 11.1 Å². The van der Waals surface area contributed by atoms with Gasteiger partial charge in [0.25, 0.3) is 0 Å². The van der Waals surface area contributed by atoms with Crippen molar-refractivity contribution >= 4 is 28.2 Å².